The summed E-state index contributed by atoms with van der Waals surface area (Å²) >= 11 is 6.07. The third kappa shape index (κ3) is 5.07. The number of esters is 1. The second-order valence-corrected chi connectivity index (χ2v) is 8.69. The van der Waals surface area contributed by atoms with Gasteiger partial charge in [0.25, 0.3) is 5.91 Å². The number of nitrogens with zero attached hydrogens (tertiary/aromatic N) is 1. The minimum absolute atomic E-state index is 0.0406. The molecule has 1 aliphatic heterocycles. The first-order valence-electron chi connectivity index (χ1n) is 11.5. The van der Waals surface area contributed by atoms with Crippen LogP contribution in [-0.2, 0) is 14.3 Å². The minimum Gasteiger partial charge on any atom is -0.495 e. The average Bonchev–Trinajstić information content (AvgIpc) is 3.12. The van der Waals surface area contributed by atoms with E-state index in [0.717, 1.165) is 24.5 Å². The molecule has 0 spiro atoms. The van der Waals surface area contributed by atoms with Gasteiger partial charge in [0.15, 0.2) is 6.10 Å². The maximum absolute atomic E-state index is 15.0. The number of hydrogen-bond acceptors (Lipinski definition) is 6. The Labute approximate surface area is 208 Å². The van der Waals surface area contributed by atoms with Crippen LogP contribution >= 0.6 is 11.6 Å². The number of benzene rings is 2. The number of carbonyl (C=O) groups is 2. The first-order chi connectivity index (χ1) is 16.8. The Kier molecular flexibility index (Phi) is 7.50. The van der Waals surface area contributed by atoms with E-state index in [4.69, 9.17) is 30.5 Å². The van der Waals surface area contributed by atoms with Crippen molar-refractivity contribution in [2.45, 2.75) is 51.9 Å². The Morgan fingerprint density at radius 2 is 1.86 bits per heavy atom. The highest BCUT2D eigenvalue weighted by Crippen LogP contribution is 2.42. The molecule has 0 radical (unpaired) electrons. The van der Waals surface area contributed by atoms with E-state index in [2.05, 4.69) is 0 Å². The van der Waals surface area contributed by atoms with Gasteiger partial charge in [-0.2, -0.15) is 0 Å². The molecule has 0 saturated heterocycles. The van der Waals surface area contributed by atoms with E-state index < -0.39 is 24.1 Å². The van der Waals surface area contributed by atoms with Crippen LogP contribution in [0.25, 0.3) is 0 Å². The van der Waals surface area contributed by atoms with E-state index in [1.54, 1.807) is 38.1 Å². The minimum atomic E-state index is -0.802. The van der Waals surface area contributed by atoms with Crippen molar-refractivity contribution in [2.75, 3.05) is 18.6 Å². The van der Waals surface area contributed by atoms with E-state index in [0.29, 0.717) is 29.9 Å². The molecule has 4 rings (SSSR count). The van der Waals surface area contributed by atoms with Crippen LogP contribution in [0.1, 0.15) is 39.5 Å². The van der Waals surface area contributed by atoms with Gasteiger partial charge in [0.1, 0.15) is 23.1 Å². The Balaban J connectivity index is 1.61. The van der Waals surface area contributed by atoms with E-state index in [-0.39, 0.29) is 29.0 Å². The van der Waals surface area contributed by atoms with Crippen LogP contribution in [-0.4, -0.2) is 37.9 Å². The van der Waals surface area contributed by atoms with Crippen LogP contribution in [0, 0.1) is 5.82 Å². The molecule has 186 valence electrons. The van der Waals surface area contributed by atoms with Crippen molar-refractivity contribution in [2.24, 2.45) is 0 Å². The molecule has 2 atom stereocenters. The van der Waals surface area contributed by atoms with E-state index in [9.17, 15) is 9.59 Å². The standard InChI is InChI=1S/C26H27ClFNO6/c1-4-33-26(31)15(2)34-16-9-11-17(12-10-16)35-25-19-8-6-5-7-18(19)24(30)29(25)22-14-23(32-3)20(27)13-21(22)28/h9-15,25H,4-8H2,1-3H3. The lowest BCUT2D eigenvalue weighted by Crippen LogP contribution is -2.40. The zero-order valence-corrected chi connectivity index (χ0v) is 20.6. The summed E-state index contributed by atoms with van der Waals surface area (Å²) in [5.74, 6) is -0.194. The number of amides is 1. The lowest BCUT2D eigenvalue weighted by molar-refractivity contribution is -0.150. The van der Waals surface area contributed by atoms with Gasteiger partial charge in [-0.15, -0.1) is 0 Å². The molecule has 0 fully saturated rings. The van der Waals surface area contributed by atoms with Crippen LogP contribution in [0.15, 0.2) is 47.5 Å². The highest BCUT2D eigenvalue weighted by Gasteiger charge is 2.43. The number of ether oxygens (including phenoxy) is 4. The van der Waals surface area contributed by atoms with Gasteiger partial charge in [0.2, 0.25) is 6.23 Å². The molecule has 9 heteroatoms. The molecule has 2 aromatic rings. The molecular weight excluding hydrogens is 477 g/mol. The van der Waals surface area contributed by atoms with Crippen LogP contribution in [0.3, 0.4) is 0 Å². The third-order valence-electron chi connectivity index (χ3n) is 6.00. The quantitative estimate of drug-likeness (QED) is 0.446. The fourth-order valence-electron chi connectivity index (χ4n) is 4.31. The average molecular weight is 504 g/mol. The monoisotopic (exact) mass is 503 g/mol. The molecule has 0 bridgehead atoms. The summed E-state index contributed by atoms with van der Waals surface area (Å²) in [6.07, 6.45) is 1.56. The van der Waals surface area contributed by atoms with Gasteiger partial charge in [-0.25, -0.2) is 9.18 Å². The number of rotatable bonds is 8. The summed E-state index contributed by atoms with van der Waals surface area (Å²) in [5.41, 5.74) is 1.56. The van der Waals surface area contributed by atoms with Crippen molar-refractivity contribution in [3.63, 3.8) is 0 Å². The SMILES string of the molecule is CCOC(=O)C(C)Oc1ccc(OC2C3=C(CCCC3)C(=O)N2c2cc(OC)c(Cl)cc2F)cc1. The molecule has 1 aliphatic carbocycles. The molecule has 2 unspecified atom stereocenters. The van der Waals surface area contributed by atoms with Crippen LogP contribution < -0.4 is 19.1 Å². The van der Waals surface area contributed by atoms with E-state index >= 15 is 4.39 Å². The Hall–Kier alpha value is -3.26. The summed E-state index contributed by atoms with van der Waals surface area (Å²) in [7, 11) is 1.43. The Bertz CT molecular complexity index is 1150. The lowest BCUT2D eigenvalue weighted by Gasteiger charge is -2.28. The van der Waals surface area contributed by atoms with Gasteiger partial charge in [0.05, 0.1) is 24.4 Å². The van der Waals surface area contributed by atoms with Crippen LogP contribution in [0.5, 0.6) is 17.2 Å². The molecule has 0 saturated carbocycles. The predicted octanol–water partition coefficient (Wildman–Crippen LogP) is 5.44. The molecule has 2 aliphatic rings. The molecule has 7 nitrogen and oxygen atoms in total. The van der Waals surface area contributed by atoms with Gasteiger partial charge in [-0.3, -0.25) is 9.69 Å². The number of methoxy groups -OCH3 is 1. The van der Waals surface area contributed by atoms with Crippen molar-refractivity contribution >= 4 is 29.2 Å². The zero-order valence-electron chi connectivity index (χ0n) is 19.8. The highest BCUT2D eigenvalue weighted by atomic mass is 35.5. The summed E-state index contributed by atoms with van der Waals surface area (Å²) in [6.45, 7) is 3.61. The van der Waals surface area contributed by atoms with Crippen molar-refractivity contribution in [1.29, 1.82) is 0 Å². The first-order valence-corrected chi connectivity index (χ1v) is 11.9. The molecule has 35 heavy (non-hydrogen) atoms. The first kappa shape index (κ1) is 24.9. The van der Waals surface area contributed by atoms with Crippen LogP contribution in [0.4, 0.5) is 10.1 Å². The lowest BCUT2D eigenvalue weighted by atomic mass is 9.93. The summed E-state index contributed by atoms with van der Waals surface area (Å²) in [4.78, 5) is 26.5. The molecular formula is C26H27ClFNO6. The molecule has 0 aromatic heterocycles. The number of carbonyl (C=O) groups excluding carboxylic acids is 2. The van der Waals surface area contributed by atoms with Gasteiger partial charge in [-0.05, 0) is 69.9 Å². The summed E-state index contributed by atoms with van der Waals surface area (Å²) < 4.78 is 37.1. The van der Waals surface area contributed by atoms with Gasteiger partial charge < -0.3 is 18.9 Å². The second-order valence-electron chi connectivity index (χ2n) is 8.28. The number of anilines is 1. The summed E-state index contributed by atoms with van der Waals surface area (Å²) in [6, 6.07) is 9.22. The van der Waals surface area contributed by atoms with Crippen LogP contribution in [0.2, 0.25) is 5.02 Å². The molecule has 2 aromatic carbocycles. The van der Waals surface area contributed by atoms with Crippen molar-refractivity contribution < 1.29 is 32.9 Å². The molecule has 1 heterocycles. The smallest absolute Gasteiger partial charge is 0.347 e. The Morgan fingerprint density at radius 3 is 2.54 bits per heavy atom. The topological polar surface area (TPSA) is 74.3 Å². The normalized spacial score (nSPS) is 18.3. The number of halogens is 2. The fraction of sp³-hybridized carbons (Fsp3) is 0.385. The number of hydrogen-bond donors (Lipinski definition) is 0. The van der Waals surface area contributed by atoms with Crippen molar-refractivity contribution in [1.82, 2.24) is 0 Å². The van der Waals surface area contributed by atoms with Gasteiger partial charge in [0, 0.05) is 17.2 Å². The molecule has 0 N–H and O–H groups in total. The maximum Gasteiger partial charge on any atom is 0.347 e. The zero-order chi connectivity index (χ0) is 25.1. The predicted molar refractivity (Wildman–Crippen MR) is 129 cm³/mol. The van der Waals surface area contributed by atoms with Gasteiger partial charge >= 0.3 is 5.97 Å². The third-order valence-corrected chi connectivity index (χ3v) is 6.30. The van der Waals surface area contributed by atoms with E-state index in [1.165, 1.54) is 18.1 Å². The summed E-state index contributed by atoms with van der Waals surface area (Å²) in [5, 5.41) is 0.114. The maximum atomic E-state index is 15.0. The largest absolute Gasteiger partial charge is 0.495 e. The second kappa shape index (κ2) is 10.6. The fourth-order valence-corrected chi connectivity index (χ4v) is 4.54. The van der Waals surface area contributed by atoms with Crippen molar-refractivity contribution in [3.8, 4) is 17.2 Å². The highest BCUT2D eigenvalue weighted by molar-refractivity contribution is 6.32. The molecule has 1 amide bonds. The van der Waals surface area contributed by atoms with Gasteiger partial charge in [-0.1, -0.05) is 11.6 Å². The Morgan fingerprint density at radius 1 is 1.17 bits per heavy atom. The van der Waals surface area contributed by atoms with E-state index in [1.807, 2.05) is 0 Å². The van der Waals surface area contributed by atoms with Crippen molar-refractivity contribution in [3.05, 3.63) is 58.4 Å².